The van der Waals surface area contributed by atoms with E-state index in [1.54, 1.807) is 35.0 Å². The van der Waals surface area contributed by atoms with Gasteiger partial charge in [-0.15, -0.1) is 0 Å². The summed E-state index contributed by atoms with van der Waals surface area (Å²) < 4.78 is 39.6. The molecule has 0 bridgehead atoms. The van der Waals surface area contributed by atoms with E-state index in [0.29, 0.717) is 51.8 Å². The van der Waals surface area contributed by atoms with Gasteiger partial charge in [-0.05, 0) is 30.3 Å². The first kappa shape index (κ1) is 21.2. The van der Waals surface area contributed by atoms with Gasteiger partial charge in [0.15, 0.2) is 0 Å². The number of nitrogens with one attached hydrogen (secondary N) is 2. The standard InChI is InChI=1S/C20H15Cl2F3N6/c21-13-2-3-14(15(22)9-13)16-10-18-27-7-8-31(18)19(30-16)28-6-5-26-17-4-1-12(11-29-17)20(23,24)25/h1-4,7-11H,5-6H2,(H,26,29)(H,28,30). The third-order valence-corrected chi connectivity index (χ3v) is 4.95. The number of pyridine rings is 1. The maximum atomic E-state index is 12.6. The number of hydrogen-bond acceptors (Lipinski definition) is 5. The van der Waals surface area contributed by atoms with Gasteiger partial charge in [0.25, 0.3) is 0 Å². The van der Waals surface area contributed by atoms with Gasteiger partial charge in [0.2, 0.25) is 5.95 Å². The molecule has 0 radical (unpaired) electrons. The maximum absolute atomic E-state index is 12.6. The number of benzene rings is 1. The van der Waals surface area contributed by atoms with Crippen LogP contribution in [-0.2, 0) is 6.18 Å². The Morgan fingerprint density at radius 2 is 1.77 bits per heavy atom. The number of imidazole rings is 1. The van der Waals surface area contributed by atoms with Crippen LogP contribution in [0.15, 0.2) is 55.0 Å². The van der Waals surface area contributed by atoms with Crippen LogP contribution in [0.4, 0.5) is 24.9 Å². The minimum atomic E-state index is -4.41. The molecule has 0 unspecified atom stereocenters. The number of halogens is 5. The molecule has 2 N–H and O–H groups in total. The molecule has 4 aromatic rings. The van der Waals surface area contributed by atoms with Crippen LogP contribution in [0.3, 0.4) is 0 Å². The predicted molar refractivity (Wildman–Crippen MR) is 115 cm³/mol. The number of aromatic nitrogens is 4. The second-order valence-electron chi connectivity index (χ2n) is 6.53. The minimum absolute atomic E-state index is 0.345. The van der Waals surface area contributed by atoms with Crippen molar-refractivity contribution in [3.05, 3.63) is 70.6 Å². The molecule has 0 saturated carbocycles. The second-order valence-corrected chi connectivity index (χ2v) is 7.37. The van der Waals surface area contributed by atoms with Crippen LogP contribution < -0.4 is 10.6 Å². The highest BCUT2D eigenvalue weighted by molar-refractivity contribution is 6.36. The Balaban J connectivity index is 1.46. The van der Waals surface area contributed by atoms with E-state index < -0.39 is 11.7 Å². The lowest BCUT2D eigenvalue weighted by Crippen LogP contribution is -2.17. The van der Waals surface area contributed by atoms with E-state index in [1.807, 2.05) is 6.07 Å². The lowest BCUT2D eigenvalue weighted by Gasteiger charge is -2.12. The van der Waals surface area contributed by atoms with E-state index in [1.165, 1.54) is 6.07 Å². The van der Waals surface area contributed by atoms with Crippen LogP contribution in [0.25, 0.3) is 16.9 Å². The summed E-state index contributed by atoms with van der Waals surface area (Å²) in [7, 11) is 0. The molecular formula is C20H15Cl2F3N6. The van der Waals surface area contributed by atoms with Gasteiger partial charge in [-0.1, -0.05) is 23.2 Å². The van der Waals surface area contributed by atoms with Crippen molar-refractivity contribution in [2.75, 3.05) is 23.7 Å². The molecule has 0 fully saturated rings. The fraction of sp³-hybridized carbons (Fsp3) is 0.150. The molecule has 4 rings (SSSR count). The van der Waals surface area contributed by atoms with E-state index in [0.717, 1.165) is 12.3 Å². The van der Waals surface area contributed by atoms with Crippen LogP contribution in [0.5, 0.6) is 0 Å². The van der Waals surface area contributed by atoms with Crippen LogP contribution in [0.1, 0.15) is 5.56 Å². The number of rotatable bonds is 6. The van der Waals surface area contributed by atoms with Crippen molar-refractivity contribution in [2.24, 2.45) is 0 Å². The highest BCUT2D eigenvalue weighted by atomic mass is 35.5. The zero-order chi connectivity index (χ0) is 22.0. The van der Waals surface area contributed by atoms with Gasteiger partial charge in [-0.25, -0.2) is 15.0 Å². The van der Waals surface area contributed by atoms with E-state index >= 15 is 0 Å². The Kier molecular flexibility index (Phi) is 5.88. The third kappa shape index (κ3) is 4.83. The summed E-state index contributed by atoms with van der Waals surface area (Å²) in [6, 6.07) is 9.24. The molecule has 0 saturated heterocycles. The van der Waals surface area contributed by atoms with Crippen molar-refractivity contribution in [3.63, 3.8) is 0 Å². The molecule has 3 aromatic heterocycles. The largest absolute Gasteiger partial charge is 0.417 e. The molecular weight excluding hydrogens is 452 g/mol. The summed E-state index contributed by atoms with van der Waals surface area (Å²) in [5.74, 6) is 0.885. The Hall–Kier alpha value is -3.04. The van der Waals surface area contributed by atoms with Crippen LogP contribution in [-0.4, -0.2) is 32.4 Å². The van der Waals surface area contributed by atoms with Crippen molar-refractivity contribution in [1.29, 1.82) is 0 Å². The number of nitrogens with zero attached hydrogens (tertiary/aromatic N) is 4. The zero-order valence-electron chi connectivity index (χ0n) is 15.8. The van der Waals surface area contributed by atoms with E-state index in [4.69, 9.17) is 23.2 Å². The number of fused-ring (bicyclic) bond motifs is 1. The van der Waals surface area contributed by atoms with Crippen LogP contribution >= 0.6 is 23.2 Å². The van der Waals surface area contributed by atoms with E-state index in [2.05, 4.69) is 25.6 Å². The number of anilines is 2. The fourth-order valence-electron chi connectivity index (χ4n) is 2.91. The Morgan fingerprint density at radius 3 is 2.48 bits per heavy atom. The fourth-order valence-corrected chi connectivity index (χ4v) is 3.42. The third-order valence-electron chi connectivity index (χ3n) is 4.40. The lowest BCUT2D eigenvalue weighted by atomic mass is 10.1. The topological polar surface area (TPSA) is 67.1 Å². The first-order valence-electron chi connectivity index (χ1n) is 9.12. The number of alkyl halides is 3. The van der Waals surface area contributed by atoms with Crippen molar-refractivity contribution < 1.29 is 13.2 Å². The van der Waals surface area contributed by atoms with Gasteiger partial charge in [-0.2, -0.15) is 13.2 Å². The normalized spacial score (nSPS) is 11.6. The molecule has 0 atom stereocenters. The van der Waals surface area contributed by atoms with Crippen LogP contribution in [0, 0.1) is 0 Å². The molecule has 160 valence electrons. The van der Waals surface area contributed by atoms with Gasteiger partial charge >= 0.3 is 6.18 Å². The monoisotopic (exact) mass is 466 g/mol. The molecule has 0 aliphatic heterocycles. The van der Waals surface area contributed by atoms with Crippen molar-refractivity contribution in [2.45, 2.75) is 6.18 Å². The van der Waals surface area contributed by atoms with Crippen molar-refractivity contribution in [3.8, 4) is 11.3 Å². The van der Waals surface area contributed by atoms with Crippen molar-refractivity contribution >= 4 is 40.6 Å². The predicted octanol–water partition coefficient (Wildman–Crippen LogP) is 5.64. The van der Waals surface area contributed by atoms with Gasteiger partial charge in [-0.3, -0.25) is 4.40 Å². The van der Waals surface area contributed by atoms with Gasteiger partial charge in [0, 0.05) is 48.3 Å². The van der Waals surface area contributed by atoms with E-state index in [9.17, 15) is 13.2 Å². The Morgan fingerprint density at radius 1 is 0.968 bits per heavy atom. The molecule has 3 heterocycles. The van der Waals surface area contributed by atoms with E-state index in [-0.39, 0.29) is 0 Å². The summed E-state index contributed by atoms with van der Waals surface area (Å²) in [4.78, 5) is 12.7. The molecule has 0 aliphatic rings. The average Bonchev–Trinajstić information content (AvgIpc) is 3.19. The quantitative estimate of drug-likeness (QED) is 0.360. The van der Waals surface area contributed by atoms with Crippen molar-refractivity contribution in [1.82, 2.24) is 19.4 Å². The molecule has 31 heavy (non-hydrogen) atoms. The molecule has 0 spiro atoms. The summed E-state index contributed by atoms with van der Waals surface area (Å²) in [6.07, 6.45) is -0.193. The molecule has 11 heteroatoms. The minimum Gasteiger partial charge on any atom is -0.368 e. The van der Waals surface area contributed by atoms with Crippen LogP contribution in [0.2, 0.25) is 10.0 Å². The highest BCUT2D eigenvalue weighted by Gasteiger charge is 2.30. The number of hydrogen-bond donors (Lipinski definition) is 2. The summed E-state index contributed by atoms with van der Waals surface area (Å²) in [5.41, 5.74) is 1.23. The highest BCUT2D eigenvalue weighted by Crippen LogP contribution is 2.31. The molecule has 1 aromatic carbocycles. The summed E-state index contributed by atoms with van der Waals surface area (Å²) >= 11 is 12.3. The first-order valence-corrected chi connectivity index (χ1v) is 9.87. The molecule has 6 nitrogen and oxygen atoms in total. The summed E-state index contributed by atoms with van der Waals surface area (Å²) in [5, 5.41) is 7.16. The first-order chi connectivity index (χ1) is 14.8. The van der Waals surface area contributed by atoms with Gasteiger partial charge in [0.05, 0.1) is 16.3 Å². The molecule has 0 aliphatic carbocycles. The Labute approximate surface area is 185 Å². The second kappa shape index (κ2) is 8.60. The molecule has 0 amide bonds. The average molecular weight is 467 g/mol. The summed E-state index contributed by atoms with van der Waals surface area (Å²) in [6.45, 7) is 0.836. The maximum Gasteiger partial charge on any atom is 0.417 e. The lowest BCUT2D eigenvalue weighted by molar-refractivity contribution is -0.137. The van der Waals surface area contributed by atoms with Gasteiger partial charge < -0.3 is 10.6 Å². The van der Waals surface area contributed by atoms with Gasteiger partial charge in [0.1, 0.15) is 11.5 Å². The zero-order valence-corrected chi connectivity index (χ0v) is 17.3. The Bertz CT molecular complexity index is 1210. The smallest absolute Gasteiger partial charge is 0.368 e. The SMILES string of the molecule is FC(F)(F)c1ccc(NCCNc2nc(-c3ccc(Cl)cc3Cl)cc3nccn23)nc1.